The first kappa shape index (κ1) is 19.2. The van der Waals surface area contributed by atoms with Gasteiger partial charge in [0.05, 0.1) is 27.4 Å². The lowest BCUT2D eigenvalue weighted by Gasteiger charge is -2.27. The van der Waals surface area contributed by atoms with E-state index in [-0.39, 0.29) is 24.3 Å². The highest BCUT2D eigenvalue weighted by Gasteiger charge is 2.35. The van der Waals surface area contributed by atoms with Crippen molar-refractivity contribution in [3.05, 3.63) is 40.5 Å². The Morgan fingerprint density at radius 1 is 1.15 bits per heavy atom. The number of nitrogens with zero attached hydrogens (tertiary/aromatic N) is 2. The fourth-order valence-corrected chi connectivity index (χ4v) is 2.61. The van der Waals surface area contributed by atoms with Crippen LogP contribution in [0.2, 0.25) is 0 Å². The number of nitriles is 1. The second-order valence-electron chi connectivity index (χ2n) is 5.53. The average molecular weight is 356 g/mol. The molecule has 0 saturated carbocycles. The van der Waals surface area contributed by atoms with E-state index in [0.29, 0.717) is 22.6 Å². The van der Waals surface area contributed by atoms with E-state index in [4.69, 9.17) is 14.2 Å². The number of benzene rings is 1. The van der Waals surface area contributed by atoms with Crippen molar-refractivity contribution in [2.24, 2.45) is 0 Å². The van der Waals surface area contributed by atoms with E-state index in [1.165, 1.54) is 14.2 Å². The van der Waals surface area contributed by atoms with Crippen molar-refractivity contribution in [2.45, 2.75) is 6.92 Å². The second-order valence-corrected chi connectivity index (χ2v) is 5.53. The summed E-state index contributed by atoms with van der Waals surface area (Å²) in [5.74, 6) is 0.0458. The minimum atomic E-state index is -0.606. The number of imide groups is 1. The second kappa shape index (κ2) is 8.32. The molecule has 0 aliphatic carbocycles. The summed E-state index contributed by atoms with van der Waals surface area (Å²) in [6.45, 7) is 1.85. The number of methoxy groups -OCH3 is 3. The fraction of sp³-hybridized carbons (Fsp3) is 0.316. The quantitative estimate of drug-likeness (QED) is 0.572. The summed E-state index contributed by atoms with van der Waals surface area (Å²) in [6.07, 6.45) is 1.61. The van der Waals surface area contributed by atoms with Crippen LogP contribution < -0.4 is 9.47 Å². The molecule has 7 nitrogen and oxygen atoms in total. The first-order valence-electron chi connectivity index (χ1n) is 7.88. The smallest absolute Gasteiger partial charge is 0.271 e. The van der Waals surface area contributed by atoms with Gasteiger partial charge in [0.25, 0.3) is 11.8 Å². The lowest BCUT2D eigenvalue weighted by atomic mass is 9.93. The van der Waals surface area contributed by atoms with E-state index >= 15 is 0 Å². The van der Waals surface area contributed by atoms with Gasteiger partial charge in [0.1, 0.15) is 23.1 Å². The standard InChI is InChI=1S/C19H20N2O5/c1-12-15(9-13-5-6-14(25-3)10-17(13)26-4)18(22)21(7-8-24-2)19(23)16(12)11-20/h5-6,9-10H,7-8H2,1-4H3/b15-9+. The molecule has 1 aromatic rings. The van der Waals surface area contributed by atoms with Gasteiger partial charge in [0.15, 0.2) is 0 Å². The van der Waals surface area contributed by atoms with Gasteiger partial charge in [-0.2, -0.15) is 5.26 Å². The van der Waals surface area contributed by atoms with Crippen LogP contribution in [-0.4, -0.2) is 51.2 Å². The van der Waals surface area contributed by atoms with Crippen LogP contribution in [0, 0.1) is 11.3 Å². The number of hydrogen-bond donors (Lipinski definition) is 0. The van der Waals surface area contributed by atoms with Gasteiger partial charge in [-0.3, -0.25) is 14.5 Å². The summed E-state index contributed by atoms with van der Waals surface area (Å²) < 4.78 is 15.5. The van der Waals surface area contributed by atoms with Gasteiger partial charge in [-0.1, -0.05) is 0 Å². The number of ether oxygens (including phenoxy) is 3. The van der Waals surface area contributed by atoms with E-state index in [1.54, 1.807) is 38.3 Å². The third-order valence-electron chi connectivity index (χ3n) is 4.08. The van der Waals surface area contributed by atoms with E-state index in [1.807, 2.05) is 6.07 Å². The molecule has 0 saturated heterocycles. The van der Waals surface area contributed by atoms with Crippen molar-refractivity contribution in [3.8, 4) is 17.6 Å². The fourth-order valence-electron chi connectivity index (χ4n) is 2.61. The van der Waals surface area contributed by atoms with E-state index in [0.717, 1.165) is 4.90 Å². The lowest BCUT2D eigenvalue weighted by molar-refractivity contribution is -0.141. The largest absolute Gasteiger partial charge is 0.497 e. The van der Waals surface area contributed by atoms with Crippen molar-refractivity contribution in [3.63, 3.8) is 0 Å². The molecule has 136 valence electrons. The van der Waals surface area contributed by atoms with Gasteiger partial charge >= 0.3 is 0 Å². The molecule has 1 heterocycles. The Morgan fingerprint density at radius 3 is 2.46 bits per heavy atom. The zero-order valence-electron chi connectivity index (χ0n) is 15.2. The van der Waals surface area contributed by atoms with Crippen molar-refractivity contribution < 1.29 is 23.8 Å². The third kappa shape index (κ3) is 3.60. The number of hydrogen-bond acceptors (Lipinski definition) is 6. The molecule has 0 atom stereocenters. The molecule has 0 radical (unpaired) electrons. The maximum absolute atomic E-state index is 12.8. The summed E-state index contributed by atoms with van der Waals surface area (Å²) in [5, 5.41) is 9.35. The van der Waals surface area contributed by atoms with Gasteiger partial charge in [-0.15, -0.1) is 0 Å². The molecule has 0 bridgehead atoms. The van der Waals surface area contributed by atoms with E-state index in [9.17, 15) is 14.9 Å². The molecule has 0 spiro atoms. The number of amides is 2. The van der Waals surface area contributed by atoms with Crippen LogP contribution in [0.1, 0.15) is 12.5 Å². The molecular formula is C19H20N2O5. The minimum absolute atomic E-state index is 0.0561. The monoisotopic (exact) mass is 356 g/mol. The minimum Gasteiger partial charge on any atom is -0.497 e. The maximum atomic E-state index is 12.8. The lowest BCUT2D eigenvalue weighted by Crippen LogP contribution is -2.44. The molecule has 26 heavy (non-hydrogen) atoms. The Labute approximate surface area is 152 Å². The van der Waals surface area contributed by atoms with Crippen LogP contribution in [0.4, 0.5) is 0 Å². The van der Waals surface area contributed by atoms with Crippen molar-refractivity contribution in [2.75, 3.05) is 34.5 Å². The summed E-state index contributed by atoms with van der Waals surface area (Å²) in [4.78, 5) is 26.2. The van der Waals surface area contributed by atoms with Crippen LogP contribution in [-0.2, 0) is 14.3 Å². The topological polar surface area (TPSA) is 88.9 Å². The summed E-state index contributed by atoms with van der Waals surface area (Å²) in [7, 11) is 4.53. The Kier molecular flexibility index (Phi) is 6.15. The van der Waals surface area contributed by atoms with Gasteiger partial charge in [0, 0.05) is 24.3 Å². The van der Waals surface area contributed by atoms with Gasteiger partial charge in [-0.05, 0) is 30.7 Å². The molecular weight excluding hydrogens is 336 g/mol. The first-order chi connectivity index (χ1) is 12.5. The average Bonchev–Trinajstić information content (AvgIpc) is 2.65. The Balaban J connectivity index is 2.57. The molecule has 1 aliphatic rings. The normalized spacial score (nSPS) is 16.1. The van der Waals surface area contributed by atoms with Gasteiger partial charge < -0.3 is 14.2 Å². The van der Waals surface area contributed by atoms with Crippen molar-refractivity contribution >= 4 is 17.9 Å². The predicted molar refractivity (Wildman–Crippen MR) is 94.4 cm³/mol. The maximum Gasteiger partial charge on any atom is 0.271 e. The van der Waals surface area contributed by atoms with Crippen LogP contribution in [0.25, 0.3) is 6.08 Å². The third-order valence-corrected chi connectivity index (χ3v) is 4.08. The number of carbonyl (C=O) groups excluding carboxylic acids is 2. The summed E-state index contributed by atoms with van der Waals surface area (Å²) in [6, 6.07) is 7.07. The zero-order valence-corrected chi connectivity index (χ0v) is 15.2. The van der Waals surface area contributed by atoms with E-state index < -0.39 is 11.8 Å². The van der Waals surface area contributed by atoms with Gasteiger partial charge in [-0.25, -0.2) is 0 Å². The Bertz CT molecular complexity index is 833. The van der Waals surface area contributed by atoms with Crippen LogP contribution in [0.5, 0.6) is 11.5 Å². The molecule has 0 fully saturated rings. The Morgan fingerprint density at radius 2 is 1.88 bits per heavy atom. The molecule has 1 aromatic carbocycles. The molecule has 2 rings (SSSR count). The Hall–Kier alpha value is -3.11. The predicted octanol–water partition coefficient (Wildman–Crippen LogP) is 1.94. The molecule has 2 amide bonds. The van der Waals surface area contributed by atoms with Crippen molar-refractivity contribution in [1.29, 1.82) is 5.26 Å². The van der Waals surface area contributed by atoms with Gasteiger partial charge in [0.2, 0.25) is 0 Å². The SMILES string of the molecule is COCCN1C(=O)C(C#N)=C(C)/C(=C\c2ccc(OC)cc2OC)C1=O. The zero-order chi connectivity index (χ0) is 19.3. The van der Waals surface area contributed by atoms with Crippen LogP contribution in [0.3, 0.4) is 0 Å². The summed E-state index contributed by atoms with van der Waals surface area (Å²) in [5.41, 5.74) is 1.18. The highest BCUT2D eigenvalue weighted by molar-refractivity contribution is 6.19. The molecule has 1 aliphatic heterocycles. The first-order valence-corrected chi connectivity index (χ1v) is 7.88. The number of rotatable bonds is 6. The van der Waals surface area contributed by atoms with E-state index in [2.05, 4.69) is 0 Å². The number of carbonyl (C=O) groups is 2. The molecule has 0 aromatic heterocycles. The van der Waals surface area contributed by atoms with Crippen molar-refractivity contribution in [1.82, 2.24) is 4.90 Å². The molecule has 7 heteroatoms. The molecule has 0 N–H and O–H groups in total. The van der Waals surface area contributed by atoms with Crippen LogP contribution >= 0.6 is 0 Å². The highest BCUT2D eigenvalue weighted by Crippen LogP contribution is 2.31. The van der Waals surface area contributed by atoms with Crippen LogP contribution in [0.15, 0.2) is 34.9 Å². The molecule has 0 unspecified atom stereocenters. The summed E-state index contributed by atoms with van der Waals surface area (Å²) >= 11 is 0. The highest BCUT2D eigenvalue weighted by atomic mass is 16.5.